The Balaban J connectivity index is 2.92. The van der Waals surface area contributed by atoms with Crippen LogP contribution in [0, 0.1) is 0 Å². The van der Waals surface area contributed by atoms with E-state index < -0.39 is 0 Å². The molecule has 0 atom stereocenters. The molecule has 72 valence electrons. The monoisotopic (exact) mass is 189 g/mol. The molecule has 1 aromatic heterocycles. The zero-order valence-corrected chi connectivity index (χ0v) is 7.90. The van der Waals surface area contributed by atoms with E-state index in [0.717, 1.165) is 10.9 Å². The lowest BCUT2D eigenvalue weighted by Crippen LogP contribution is -2.21. The molecule has 0 saturated carbocycles. The van der Waals surface area contributed by atoms with Gasteiger partial charge in [-0.05, 0) is 17.5 Å². The lowest BCUT2D eigenvalue weighted by atomic mass is 10.1. The van der Waals surface area contributed by atoms with Crippen LogP contribution in [0.1, 0.15) is 5.56 Å². The van der Waals surface area contributed by atoms with Crippen molar-refractivity contribution in [1.82, 2.24) is 4.57 Å². The van der Waals surface area contributed by atoms with Gasteiger partial charge in [0.15, 0.2) is 0 Å². The fourth-order valence-corrected chi connectivity index (χ4v) is 1.60. The van der Waals surface area contributed by atoms with Gasteiger partial charge in [-0.25, -0.2) is 0 Å². The Hall–Kier alpha value is -1.61. The van der Waals surface area contributed by atoms with Crippen LogP contribution in [0.2, 0.25) is 0 Å². The van der Waals surface area contributed by atoms with E-state index in [2.05, 4.69) is 0 Å². The van der Waals surface area contributed by atoms with Gasteiger partial charge in [-0.15, -0.1) is 0 Å². The van der Waals surface area contributed by atoms with Crippen LogP contribution in [0.4, 0.5) is 0 Å². The summed E-state index contributed by atoms with van der Waals surface area (Å²) in [7, 11) is 1.71. The van der Waals surface area contributed by atoms with E-state index >= 15 is 0 Å². The Kier molecular flexibility index (Phi) is 2.09. The van der Waals surface area contributed by atoms with Crippen LogP contribution >= 0.6 is 0 Å². The van der Waals surface area contributed by atoms with Gasteiger partial charge >= 0.3 is 0 Å². The third-order valence-electron chi connectivity index (χ3n) is 2.38. The third kappa shape index (κ3) is 1.22. The standard InChI is InChI=1S/C11H11NO2/c1-12-10-5-3-2-4-8(10)6-9(7-13)11(12)14/h2-6,13H,7H2,1H3. The summed E-state index contributed by atoms with van der Waals surface area (Å²) in [6.45, 7) is -0.211. The number of aromatic nitrogens is 1. The van der Waals surface area contributed by atoms with Crippen molar-refractivity contribution in [1.29, 1.82) is 0 Å². The Morgan fingerprint density at radius 3 is 2.79 bits per heavy atom. The van der Waals surface area contributed by atoms with Crippen LogP contribution in [0.3, 0.4) is 0 Å². The maximum Gasteiger partial charge on any atom is 0.256 e. The van der Waals surface area contributed by atoms with E-state index in [1.54, 1.807) is 17.7 Å². The second kappa shape index (κ2) is 3.27. The van der Waals surface area contributed by atoms with Crippen molar-refractivity contribution in [3.05, 3.63) is 46.2 Å². The van der Waals surface area contributed by atoms with Crippen LogP contribution in [-0.4, -0.2) is 9.67 Å². The first-order valence-electron chi connectivity index (χ1n) is 4.42. The molecule has 1 heterocycles. The maximum absolute atomic E-state index is 11.6. The van der Waals surface area contributed by atoms with Gasteiger partial charge in [-0.3, -0.25) is 4.79 Å². The molecule has 14 heavy (non-hydrogen) atoms. The van der Waals surface area contributed by atoms with Crippen molar-refractivity contribution in [2.24, 2.45) is 7.05 Å². The van der Waals surface area contributed by atoms with Gasteiger partial charge in [-0.1, -0.05) is 18.2 Å². The smallest absolute Gasteiger partial charge is 0.256 e. The number of fused-ring (bicyclic) bond motifs is 1. The van der Waals surface area contributed by atoms with Crippen LogP contribution in [0.15, 0.2) is 35.1 Å². The predicted molar refractivity (Wildman–Crippen MR) is 55.1 cm³/mol. The van der Waals surface area contributed by atoms with E-state index in [1.807, 2.05) is 24.3 Å². The first-order chi connectivity index (χ1) is 6.74. The first kappa shape index (κ1) is 8.97. The fourth-order valence-electron chi connectivity index (χ4n) is 1.60. The van der Waals surface area contributed by atoms with Crippen molar-refractivity contribution in [2.75, 3.05) is 0 Å². The summed E-state index contributed by atoms with van der Waals surface area (Å²) in [5.41, 5.74) is 1.19. The van der Waals surface area contributed by atoms with Crippen LogP contribution in [0.25, 0.3) is 10.9 Å². The third-order valence-corrected chi connectivity index (χ3v) is 2.38. The lowest BCUT2D eigenvalue weighted by Gasteiger charge is -2.06. The first-order valence-corrected chi connectivity index (χ1v) is 4.42. The topological polar surface area (TPSA) is 42.2 Å². The molecule has 0 spiro atoms. The maximum atomic E-state index is 11.6. The Morgan fingerprint density at radius 1 is 1.36 bits per heavy atom. The van der Waals surface area contributed by atoms with E-state index in [4.69, 9.17) is 5.11 Å². The molecule has 0 amide bonds. The molecule has 3 heteroatoms. The number of rotatable bonds is 1. The number of hydrogen-bond acceptors (Lipinski definition) is 2. The highest BCUT2D eigenvalue weighted by atomic mass is 16.3. The van der Waals surface area contributed by atoms with Gasteiger partial charge in [0.05, 0.1) is 12.1 Å². The molecular formula is C11H11NO2. The summed E-state index contributed by atoms with van der Waals surface area (Å²) in [6.07, 6.45) is 0. The van der Waals surface area contributed by atoms with Gasteiger partial charge in [0, 0.05) is 12.6 Å². The molecule has 0 saturated heterocycles. The highest BCUT2D eigenvalue weighted by Gasteiger charge is 2.04. The summed E-state index contributed by atoms with van der Waals surface area (Å²) in [5.74, 6) is 0. The van der Waals surface area contributed by atoms with Crippen molar-refractivity contribution in [2.45, 2.75) is 6.61 Å². The van der Waals surface area contributed by atoms with Crippen molar-refractivity contribution in [3.8, 4) is 0 Å². The molecule has 0 bridgehead atoms. The van der Waals surface area contributed by atoms with Crippen molar-refractivity contribution < 1.29 is 5.11 Å². The molecule has 0 radical (unpaired) electrons. The minimum atomic E-state index is -0.211. The van der Waals surface area contributed by atoms with E-state index in [1.165, 1.54) is 0 Å². The quantitative estimate of drug-likeness (QED) is 0.728. The molecule has 0 aliphatic carbocycles. The van der Waals surface area contributed by atoms with E-state index in [-0.39, 0.29) is 12.2 Å². The number of nitrogens with zero attached hydrogens (tertiary/aromatic N) is 1. The number of hydrogen-bond donors (Lipinski definition) is 1. The predicted octanol–water partition coefficient (Wildman–Crippen LogP) is 1.03. The van der Waals surface area contributed by atoms with Crippen molar-refractivity contribution in [3.63, 3.8) is 0 Å². The molecule has 0 aliphatic heterocycles. The summed E-state index contributed by atoms with van der Waals surface area (Å²) in [6, 6.07) is 9.35. The van der Waals surface area contributed by atoms with E-state index in [0.29, 0.717) is 5.56 Å². The Labute approximate surface area is 81.2 Å². The zero-order chi connectivity index (χ0) is 10.1. The number of aliphatic hydroxyl groups is 1. The summed E-state index contributed by atoms with van der Waals surface area (Å²) >= 11 is 0. The van der Waals surface area contributed by atoms with E-state index in [9.17, 15) is 4.79 Å². The van der Waals surface area contributed by atoms with Crippen LogP contribution in [-0.2, 0) is 13.7 Å². The van der Waals surface area contributed by atoms with Gasteiger partial charge in [0.2, 0.25) is 0 Å². The molecule has 2 rings (SSSR count). The second-order valence-electron chi connectivity index (χ2n) is 3.25. The summed E-state index contributed by atoms with van der Waals surface area (Å²) in [5, 5.41) is 9.96. The van der Waals surface area contributed by atoms with Gasteiger partial charge in [0.25, 0.3) is 5.56 Å². The molecule has 0 fully saturated rings. The number of aliphatic hydroxyl groups excluding tert-OH is 1. The number of aryl methyl sites for hydroxylation is 1. The van der Waals surface area contributed by atoms with Crippen LogP contribution in [0.5, 0.6) is 0 Å². The number of pyridine rings is 1. The highest BCUT2D eigenvalue weighted by Crippen LogP contribution is 2.11. The zero-order valence-electron chi connectivity index (χ0n) is 7.90. The number of para-hydroxylation sites is 1. The Bertz CT molecular complexity index is 528. The minimum Gasteiger partial charge on any atom is -0.391 e. The number of benzene rings is 1. The Morgan fingerprint density at radius 2 is 2.07 bits per heavy atom. The highest BCUT2D eigenvalue weighted by molar-refractivity contribution is 5.79. The lowest BCUT2D eigenvalue weighted by molar-refractivity contribution is 0.279. The minimum absolute atomic E-state index is 0.133. The fraction of sp³-hybridized carbons (Fsp3) is 0.182. The molecule has 0 unspecified atom stereocenters. The average Bonchev–Trinajstić information content (AvgIpc) is 2.23. The van der Waals surface area contributed by atoms with Crippen LogP contribution < -0.4 is 5.56 Å². The second-order valence-corrected chi connectivity index (χ2v) is 3.25. The van der Waals surface area contributed by atoms with Gasteiger partial charge < -0.3 is 9.67 Å². The molecule has 2 aromatic rings. The molecule has 0 aliphatic rings. The summed E-state index contributed by atoms with van der Waals surface area (Å²) in [4.78, 5) is 11.6. The average molecular weight is 189 g/mol. The molecule has 3 nitrogen and oxygen atoms in total. The molecule has 1 aromatic carbocycles. The largest absolute Gasteiger partial charge is 0.391 e. The molecule has 1 N–H and O–H groups in total. The van der Waals surface area contributed by atoms with Gasteiger partial charge in [-0.2, -0.15) is 0 Å². The van der Waals surface area contributed by atoms with Gasteiger partial charge in [0.1, 0.15) is 0 Å². The molecular weight excluding hydrogens is 178 g/mol. The van der Waals surface area contributed by atoms with Crippen molar-refractivity contribution >= 4 is 10.9 Å². The summed E-state index contributed by atoms with van der Waals surface area (Å²) < 4.78 is 1.56. The normalized spacial score (nSPS) is 10.7. The SMILES string of the molecule is Cn1c(=O)c(CO)cc2ccccc21.